The number of aliphatic hydroxyl groups is 1. The van der Waals surface area contributed by atoms with Crippen molar-refractivity contribution in [2.75, 3.05) is 0 Å². The molecule has 0 amide bonds. The molecule has 1 N–H and O–H groups in total. The molecule has 0 radical (unpaired) electrons. The first kappa shape index (κ1) is 14.7. The SMILES string of the molecule is Cc1cc(Cl)cc(C(O)Cc2c(Cl)cccc2Cl)c1. The fourth-order valence-corrected chi connectivity index (χ4v) is 2.85. The molecule has 19 heavy (non-hydrogen) atoms. The van der Waals surface area contributed by atoms with E-state index in [9.17, 15) is 5.11 Å². The summed E-state index contributed by atoms with van der Waals surface area (Å²) >= 11 is 18.2. The van der Waals surface area contributed by atoms with Gasteiger partial charge in [-0.15, -0.1) is 0 Å². The highest BCUT2D eigenvalue weighted by Crippen LogP contribution is 2.30. The summed E-state index contributed by atoms with van der Waals surface area (Å²) in [5, 5.41) is 12.0. The van der Waals surface area contributed by atoms with E-state index < -0.39 is 6.10 Å². The normalized spacial score (nSPS) is 12.5. The largest absolute Gasteiger partial charge is 0.388 e. The fraction of sp³-hybridized carbons (Fsp3) is 0.200. The molecule has 0 spiro atoms. The third-order valence-electron chi connectivity index (χ3n) is 2.91. The van der Waals surface area contributed by atoms with Crippen LogP contribution in [0.25, 0.3) is 0 Å². The van der Waals surface area contributed by atoms with Gasteiger partial charge < -0.3 is 5.11 Å². The van der Waals surface area contributed by atoms with Crippen molar-refractivity contribution in [3.05, 3.63) is 68.2 Å². The molecule has 2 aromatic carbocycles. The number of aliphatic hydroxyl groups excluding tert-OH is 1. The molecule has 0 heterocycles. The maximum atomic E-state index is 10.3. The molecule has 4 heteroatoms. The zero-order chi connectivity index (χ0) is 14.0. The molecule has 0 saturated carbocycles. The first-order valence-electron chi connectivity index (χ1n) is 5.85. The van der Waals surface area contributed by atoms with Crippen molar-refractivity contribution in [2.24, 2.45) is 0 Å². The molecule has 0 aromatic heterocycles. The molecule has 0 saturated heterocycles. The maximum Gasteiger partial charge on any atom is 0.0832 e. The lowest BCUT2D eigenvalue weighted by molar-refractivity contribution is 0.178. The Balaban J connectivity index is 2.28. The van der Waals surface area contributed by atoms with Gasteiger partial charge in [0, 0.05) is 21.5 Å². The Hall–Kier alpha value is -0.730. The van der Waals surface area contributed by atoms with Crippen LogP contribution in [0.1, 0.15) is 22.8 Å². The van der Waals surface area contributed by atoms with Crippen LogP contribution in [0.3, 0.4) is 0 Å². The van der Waals surface area contributed by atoms with Crippen LogP contribution in [0.5, 0.6) is 0 Å². The molecular formula is C15H13Cl3O. The van der Waals surface area contributed by atoms with Crippen LogP contribution < -0.4 is 0 Å². The second-order valence-electron chi connectivity index (χ2n) is 4.48. The molecule has 2 aromatic rings. The number of rotatable bonds is 3. The summed E-state index contributed by atoms with van der Waals surface area (Å²) in [7, 11) is 0. The summed E-state index contributed by atoms with van der Waals surface area (Å²) in [5.41, 5.74) is 2.52. The van der Waals surface area contributed by atoms with E-state index in [-0.39, 0.29) is 0 Å². The minimum atomic E-state index is -0.685. The van der Waals surface area contributed by atoms with Gasteiger partial charge in [-0.25, -0.2) is 0 Å². The van der Waals surface area contributed by atoms with Crippen LogP contribution in [-0.4, -0.2) is 5.11 Å². The molecule has 0 bridgehead atoms. The van der Waals surface area contributed by atoms with E-state index in [4.69, 9.17) is 34.8 Å². The summed E-state index contributed by atoms with van der Waals surface area (Å²) in [4.78, 5) is 0. The predicted molar refractivity (Wildman–Crippen MR) is 81.3 cm³/mol. The average Bonchev–Trinajstić information content (AvgIpc) is 2.32. The van der Waals surface area contributed by atoms with Crippen molar-refractivity contribution in [3.8, 4) is 0 Å². The van der Waals surface area contributed by atoms with E-state index >= 15 is 0 Å². The smallest absolute Gasteiger partial charge is 0.0832 e. The third kappa shape index (κ3) is 3.64. The van der Waals surface area contributed by atoms with Gasteiger partial charge in [-0.3, -0.25) is 0 Å². The minimum Gasteiger partial charge on any atom is -0.388 e. The summed E-state index contributed by atoms with van der Waals surface area (Å²) in [6, 6.07) is 10.8. The van der Waals surface area contributed by atoms with Gasteiger partial charge in [0.05, 0.1) is 6.10 Å². The number of aryl methyl sites for hydroxylation is 1. The molecule has 1 atom stereocenters. The first-order valence-corrected chi connectivity index (χ1v) is 6.99. The zero-order valence-electron chi connectivity index (χ0n) is 10.3. The van der Waals surface area contributed by atoms with Gasteiger partial charge >= 0.3 is 0 Å². The highest BCUT2D eigenvalue weighted by molar-refractivity contribution is 6.36. The summed E-state index contributed by atoms with van der Waals surface area (Å²) in [5.74, 6) is 0. The van der Waals surface area contributed by atoms with Crippen LogP contribution in [0.2, 0.25) is 15.1 Å². The Morgan fingerprint density at radius 2 is 1.68 bits per heavy atom. The van der Waals surface area contributed by atoms with Gasteiger partial charge in [-0.05, 0) is 47.9 Å². The predicted octanol–water partition coefficient (Wildman–Crippen LogP) is 5.23. The van der Waals surface area contributed by atoms with E-state index in [2.05, 4.69) is 0 Å². The molecule has 1 nitrogen and oxygen atoms in total. The molecule has 1 unspecified atom stereocenters. The average molecular weight is 316 g/mol. The molecule has 2 rings (SSSR count). The second kappa shape index (κ2) is 6.15. The first-order chi connectivity index (χ1) is 8.97. The van der Waals surface area contributed by atoms with Crippen molar-refractivity contribution >= 4 is 34.8 Å². The Bertz CT molecular complexity index is 555. The van der Waals surface area contributed by atoms with Gasteiger partial charge in [0.25, 0.3) is 0 Å². The minimum absolute atomic E-state index is 0.359. The van der Waals surface area contributed by atoms with E-state index in [1.165, 1.54) is 0 Å². The monoisotopic (exact) mass is 314 g/mol. The van der Waals surface area contributed by atoms with Crippen LogP contribution in [0.4, 0.5) is 0 Å². The van der Waals surface area contributed by atoms with Crippen LogP contribution in [0.15, 0.2) is 36.4 Å². The van der Waals surface area contributed by atoms with Crippen molar-refractivity contribution in [1.82, 2.24) is 0 Å². The zero-order valence-corrected chi connectivity index (χ0v) is 12.6. The van der Waals surface area contributed by atoms with Crippen LogP contribution >= 0.6 is 34.8 Å². The molecule has 0 fully saturated rings. The lowest BCUT2D eigenvalue weighted by Gasteiger charge is -2.14. The van der Waals surface area contributed by atoms with E-state index in [1.807, 2.05) is 19.1 Å². The van der Waals surface area contributed by atoms with Gasteiger partial charge in [0.15, 0.2) is 0 Å². The maximum absolute atomic E-state index is 10.3. The Labute approximate surface area is 127 Å². The van der Waals surface area contributed by atoms with E-state index in [0.29, 0.717) is 21.5 Å². The van der Waals surface area contributed by atoms with Crippen molar-refractivity contribution in [2.45, 2.75) is 19.4 Å². The number of hydrogen-bond donors (Lipinski definition) is 1. The molecule has 100 valence electrons. The van der Waals surface area contributed by atoms with Gasteiger partial charge in [-0.2, -0.15) is 0 Å². The second-order valence-corrected chi connectivity index (χ2v) is 5.73. The van der Waals surface area contributed by atoms with Crippen molar-refractivity contribution < 1.29 is 5.11 Å². The van der Waals surface area contributed by atoms with Crippen molar-refractivity contribution in [3.63, 3.8) is 0 Å². The third-order valence-corrected chi connectivity index (χ3v) is 3.83. The van der Waals surface area contributed by atoms with Gasteiger partial charge in [-0.1, -0.05) is 46.9 Å². The van der Waals surface area contributed by atoms with E-state index in [0.717, 1.165) is 16.7 Å². The van der Waals surface area contributed by atoms with Crippen LogP contribution in [-0.2, 0) is 6.42 Å². The van der Waals surface area contributed by atoms with Gasteiger partial charge in [0.1, 0.15) is 0 Å². The lowest BCUT2D eigenvalue weighted by Crippen LogP contribution is -2.03. The fourth-order valence-electron chi connectivity index (χ4n) is 2.00. The Morgan fingerprint density at radius 3 is 2.26 bits per heavy atom. The molecule has 0 aliphatic carbocycles. The topological polar surface area (TPSA) is 20.2 Å². The van der Waals surface area contributed by atoms with Gasteiger partial charge in [0.2, 0.25) is 0 Å². The highest BCUT2D eigenvalue weighted by atomic mass is 35.5. The highest BCUT2D eigenvalue weighted by Gasteiger charge is 2.14. The number of halogens is 3. The Kier molecular flexibility index (Phi) is 4.75. The Morgan fingerprint density at radius 1 is 1.05 bits per heavy atom. The molecule has 0 aliphatic heterocycles. The number of benzene rings is 2. The van der Waals surface area contributed by atoms with Crippen LogP contribution in [0, 0.1) is 6.92 Å². The summed E-state index contributed by atoms with van der Waals surface area (Å²) < 4.78 is 0. The summed E-state index contributed by atoms with van der Waals surface area (Å²) in [6.07, 6.45) is -0.326. The summed E-state index contributed by atoms with van der Waals surface area (Å²) in [6.45, 7) is 1.94. The quantitative estimate of drug-likeness (QED) is 0.822. The van der Waals surface area contributed by atoms with Crippen molar-refractivity contribution in [1.29, 1.82) is 0 Å². The lowest BCUT2D eigenvalue weighted by atomic mass is 10.00. The molecule has 0 aliphatic rings. The number of hydrogen-bond acceptors (Lipinski definition) is 1. The standard InChI is InChI=1S/C15H13Cl3O/c1-9-5-10(7-11(16)6-9)15(19)8-12-13(17)3-2-4-14(12)18/h2-7,15,19H,8H2,1H3. The van der Waals surface area contributed by atoms with E-state index in [1.54, 1.807) is 24.3 Å². The molecular weight excluding hydrogens is 303 g/mol.